The Bertz CT molecular complexity index is 405. The molecule has 126 valence electrons. The van der Waals surface area contributed by atoms with Gasteiger partial charge in [0, 0.05) is 56.5 Å². The van der Waals surface area contributed by atoms with Crippen molar-refractivity contribution in [3.63, 3.8) is 0 Å². The summed E-state index contributed by atoms with van der Waals surface area (Å²) in [7, 11) is 0. The van der Waals surface area contributed by atoms with Crippen molar-refractivity contribution in [2.75, 3.05) is 26.2 Å². The van der Waals surface area contributed by atoms with Crippen molar-refractivity contribution >= 4 is 17.8 Å². The van der Waals surface area contributed by atoms with Crippen LogP contribution < -0.4 is 0 Å². The van der Waals surface area contributed by atoms with E-state index in [1.807, 2.05) is 25.0 Å². The van der Waals surface area contributed by atoms with Crippen LogP contribution in [0.15, 0.2) is 10.2 Å². The van der Waals surface area contributed by atoms with E-state index in [0.29, 0.717) is 17.9 Å². The van der Waals surface area contributed by atoms with Crippen LogP contribution >= 0.6 is 0 Å². The zero-order valence-corrected chi connectivity index (χ0v) is 15.0. The molecule has 2 aliphatic rings. The number of rotatable bonds is 3. The van der Waals surface area contributed by atoms with Gasteiger partial charge in [0.2, 0.25) is 5.91 Å². The minimum absolute atomic E-state index is 0.139. The molecule has 0 aromatic rings. The Morgan fingerprint density at radius 2 is 1.64 bits per heavy atom. The van der Waals surface area contributed by atoms with Crippen LogP contribution in [-0.2, 0) is 4.79 Å². The van der Waals surface area contributed by atoms with Gasteiger partial charge in [-0.3, -0.25) is 9.69 Å². The van der Waals surface area contributed by atoms with Crippen LogP contribution in [0, 0.1) is 11.8 Å². The third-order valence-electron chi connectivity index (χ3n) is 4.08. The molecule has 1 amide bonds. The van der Waals surface area contributed by atoms with Gasteiger partial charge in [-0.15, -0.1) is 0 Å². The third kappa shape index (κ3) is 5.87. The van der Waals surface area contributed by atoms with Crippen molar-refractivity contribution in [1.82, 2.24) is 9.80 Å². The Morgan fingerprint density at radius 3 is 1.95 bits per heavy atom. The van der Waals surface area contributed by atoms with Gasteiger partial charge >= 0.3 is 0 Å². The topological polar surface area (TPSA) is 48.3 Å². The lowest BCUT2D eigenvalue weighted by Gasteiger charge is -2.37. The normalized spacial score (nSPS) is 18.8. The maximum absolute atomic E-state index is 11.7. The quantitative estimate of drug-likeness (QED) is 0.805. The molecular weight excluding hydrogens is 276 g/mol. The summed E-state index contributed by atoms with van der Waals surface area (Å²) >= 11 is 0. The van der Waals surface area contributed by atoms with Gasteiger partial charge in [0.1, 0.15) is 0 Å². The molecular formula is C17H32N4O. The molecule has 0 bridgehead atoms. The van der Waals surface area contributed by atoms with E-state index in [1.165, 1.54) is 5.71 Å². The zero-order chi connectivity index (χ0) is 16.7. The maximum atomic E-state index is 11.7. The summed E-state index contributed by atoms with van der Waals surface area (Å²) in [6.45, 7) is 16.5. The first-order chi connectivity index (χ1) is 10.3. The number of carbonyl (C=O) groups excluding carboxylic acids is 1. The number of piperazine rings is 1. The predicted molar refractivity (Wildman–Crippen MR) is 93.5 cm³/mol. The fraction of sp³-hybridized carbons (Fsp3) is 0.824. The second-order valence-corrected chi connectivity index (χ2v) is 6.86. The van der Waals surface area contributed by atoms with Crippen molar-refractivity contribution in [1.29, 1.82) is 0 Å². The van der Waals surface area contributed by atoms with E-state index in [2.05, 4.69) is 42.8 Å². The molecule has 0 N–H and O–H groups in total. The van der Waals surface area contributed by atoms with Crippen molar-refractivity contribution in [3.8, 4) is 0 Å². The molecule has 2 heterocycles. The van der Waals surface area contributed by atoms with Gasteiger partial charge in [0.25, 0.3) is 0 Å². The second kappa shape index (κ2) is 9.03. The lowest BCUT2D eigenvalue weighted by molar-refractivity contribution is -0.136. The highest BCUT2D eigenvalue weighted by Gasteiger charge is 2.23. The summed E-state index contributed by atoms with van der Waals surface area (Å²) < 4.78 is 0. The SMILES string of the molecule is CC(C)C(=O)N1CCN(C(C)C)CC1.CC(C)C1=NN=CC1. The number of hydrogen-bond donors (Lipinski definition) is 0. The summed E-state index contributed by atoms with van der Waals surface area (Å²) in [6.07, 6.45) is 2.80. The Hall–Kier alpha value is -1.23. The molecule has 0 atom stereocenters. The van der Waals surface area contributed by atoms with Gasteiger partial charge in [-0.1, -0.05) is 27.7 Å². The van der Waals surface area contributed by atoms with Gasteiger partial charge in [0.15, 0.2) is 0 Å². The number of carbonyl (C=O) groups is 1. The van der Waals surface area contributed by atoms with Crippen LogP contribution in [0.2, 0.25) is 0 Å². The van der Waals surface area contributed by atoms with Crippen molar-refractivity contribution in [2.24, 2.45) is 22.0 Å². The van der Waals surface area contributed by atoms with E-state index in [-0.39, 0.29) is 5.92 Å². The van der Waals surface area contributed by atoms with E-state index in [9.17, 15) is 4.79 Å². The average molecular weight is 308 g/mol. The summed E-state index contributed by atoms with van der Waals surface area (Å²) in [6, 6.07) is 0.603. The van der Waals surface area contributed by atoms with Crippen LogP contribution in [0.5, 0.6) is 0 Å². The highest BCUT2D eigenvalue weighted by molar-refractivity contribution is 5.99. The van der Waals surface area contributed by atoms with E-state index >= 15 is 0 Å². The Kier molecular flexibility index (Phi) is 7.73. The Morgan fingerprint density at radius 1 is 1.05 bits per heavy atom. The number of hydrogen-bond acceptors (Lipinski definition) is 4. The van der Waals surface area contributed by atoms with Gasteiger partial charge in [0.05, 0.1) is 0 Å². The third-order valence-corrected chi connectivity index (χ3v) is 4.08. The maximum Gasteiger partial charge on any atom is 0.225 e. The first-order valence-electron chi connectivity index (χ1n) is 8.44. The Labute approximate surface area is 135 Å². The van der Waals surface area contributed by atoms with E-state index in [0.717, 1.165) is 32.6 Å². The largest absolute Gasteiger partial charge is 0.340 e. The van der Waals surface area contributed by atoms with Crippen LogP contribution in [0.25, 0.3) is 0 Å². The summed E-state index contributed by atoms with van der Waals surface area (Å²) in [5.41, 5.74) is 1.20. The molecule has 5 nitrogen and oxygen atoms in total. The molecule has 0 aliphatic carbocycles. The molecule has 1 fully saturated rings. The van der Waals surface area contributed by atoms with Crippen molar-refractivity contribution < 1.29 is 4.79 Å². The standard InChI is InChI=1S/C11H22N2O.C6H10N2/c1-9(2)11(14)13-7-5-12(6-8-13)10(3)4;1-5(2)6-3-4-7-8-6/h9-10H,5-8H2,1-4H3;4-5H,3H2,1-2H3. The molecule has 2 aliphatic heterocycles. The lowest BCUT2D eigenvalue weighted by Crippen LogP contribution is -2.51. The molecule has 0 unspecified atom stereocenters. The zero-order valence-electron chi connectivity index (χ0n) is 15.0. The van der Waals surface area contributed by atoms with Crippen LogP contribution in [0.1, 0.15) is 48.0 Å². The van der Waals surface area contributed by atoms with Gasteiger partial charge < -0.3 is 4.90 Å². The highest BCUT2D eigenvalue weighted by Crippen LogP contribution is 2.09. The molecule has 0 spiro atoms. The molecule has 22 heavy (non-hydrogen) atoms. The first-order valence-corrected chi connectivity index (χ1v) is 8.44. The molecule has 0 saturated carbocycles. The van der Waals surface area contributed by atoms with Gasteiger partial charge in [-0.05, 0) is 19.8 Å². The molecule has 0 aromatic carbocycles. The van der Waals surface area contributed by atoms with Crippen molar-refractivity contribution in [2.45, 2.75) is 54.0 Å². The molecule has 1 saturated heterocycles. The second-order valence-electron chi connectivity index (χ2n) is 6.86. The predicted octanol–water partition coefficient (Wildman–Crippen LogP) is 2.67. The summed E-state index contributed by atoms with van der Waals surface area (Å²) in [5.74, 6) is 1.01. The van der Waals surface area contributed by atoms with Gasteiger partial charge in [-0.2, -0.15) is 10.2 Å². The number of amides is 1. The van der Waals surface area contributed by atoms with Crippen molar-refractivity contribution in [3.05, 3.63) is 0 Å². The number of nitrogens with zero attached hydrogens (tertiary/aromatic N) is 4. The van der Waals surface area contributed by atoms with Crippen LogP contribution in [-0.4, -0.2) is 59.9 Å². The first kappa shape index (κ1) is 18.8. The summed E-state index contributed by atoms with van der Waals surface area (Å²) in [5, 5.41) is 7.67. The monoisotopic (exact) mass is 308 g/mol. The molecule has 2 rings (SSSR count). The fourth-order valence-electron chi connectivity index (χ4n) is 2.47. The Balaban J connectivity index is 0.000000255. The minimum atomic E-state index is 0.139. The smallest absolute Gasteiger partial charge is 0.225 e. The fourth-order valence-corrected chi connectivity index (χ4v) is 2.47. The molecule has 0 aromatic heterocycles. The van der Waals surface area contributed by atoms with E-state index < -0.39 is 0 Å². The van der Waals surface area contributed by atoms with Gasteiger partial charge in [-0.25, -0.2) is 0 Å². The summed E-state index contributed by atoms with van der Waals surface area (Å²) in [4.78, 5) is 16.1. The molecule has 5 heteroatoms. The van der Waals surface area contributed by atoms with E-state index in [4.69, 9.17) is 0 Å². The van der Waals surface area contributed by atoms with Crippen LogP contribution in [0.4, 0.5) is 0 Å². The van der Waals surface area contributed by atoms with Crippen LogP contribution in [0.3, 0.4) is 0 Å². The van der Waals surface area contributed by atoms with E-state index in [1.54, 1.807) is 0 Å². The highest BCUT2D eigenvalue weighted by atomic mass is 16.2. The average Bonchev–Trinajstić information content (AvgIpc) is 3.01. The molecule has 0 radical (unpaired) electrons. The minimum Gasteiger partial charge on any atom is -0.340 e. The lowest BCUT2D eigenvalue weighted by atomic mass is 10.1.